The lowest BCUT2D eigenvalue weighted by Crippen LogP contribution is -2.37. The summed E-state index contributed by atoms with van der Waals surface area (Å²) in [5.41, 5.74) is 8.59. The van der Waals surface area contributed by atoms with Crippen LogP contribution in [0.2, 0.25) is 0 Å². The highest BCUT2D eigenvalue weighted by Crippen LogP contribution is 2.43. The number of nitrogens with one attached hydrogen (secondary N) is 1. The molecule has 0 radical (unpaired) electrons. The first kappa shape index (κ1) is 16.8. The number of thiophene rings is 1. The second-order valence-corrected chi connectivity index (χ2v) is 9.49. The molecule has 0 saturated heterocycles. The zero-order valence-electron chi connectivity index (χ0n) is 14.7. The molecular formula is C19H30N2OS. The van der Waals surface area contributed by atoms with Crippen molar-refractivity contribution in [2.75, 3.05) is 5.73 Å². The number of hydrogen-bond acceptors (Lipinski definition) is 3. The summed E-state index contributed by atoms with van der Waals surface area (Å²) in [5, 5.41) is 3.96. The molecule has 1 atom stereocenters. The highest BCUT2D eigenvalue weighted by molar-refractivity contribution is 7.16. The van der Waals surface area contributed by atoms with E-state index in [0.717, 1.165) is 42.7 Å². The molecule has 2 aliphatic carbocycles. The summed E-state index contributed by atoms with van der Waals surface area (Å²) in [4.78, 5) is 14.1. The van der Waals surface area contributed by atoms with Crippen LogP contribution in [0.3, 0.4) is 0 Å². The second kappa shape index (κ2) is 6.46. The molecule has 1 aromatic rings. The molecule has 0 unspecified atom stereocenters. The standard InChI is InChI=1S/C19H30N2OS/c1-19(2,3)12-9-10-14-15(11-12)23-17(20)16(14)18(22)21-13-7-5-4-6-8-13/h12-13H,4-11,20H2,1-3H3,(H,21,22)/t12-/m0/s1. The number of nitrogens with two attached hydrogens (primary N) is 1. The Morgan fingerprint density at radius 2 is 1.87 bits per heavy atom. The third kappa shape index (κ3) is 3.57. The van der Waals surface area contributed by atoms with Gasteiger partial charge in [0.25, 0.3) is 5.91 Å². The Bertz CT molecular complexity index is 579. The van der Waals surface area contributed by atoms with E-state index in [1.54, 1.807) is 11.3 Å². The summed E-state index contributed by atoms with van der Waals surface area (Å²) in [6.07, 6.45) is 9.23. The number of rotatable bonds is 2. The van der Waals surface area contributed by atoms with Gasteiger partial charge in [-0.1, -0.05) is 40.0 Å². The van der Waals surface area contributed by atoms with Crippen molar-refractivity contribution >= 4 is 22.2 Å². The molecule has 2 aliphatic rings. The molecule has 3 N–H and O–H groups in total. The fourth-order valence-corrected chi connectivity index (χ4v) is 5.30. The van der Waals surface area contributed by atoms with Crippen LogP contribution in [-0.4, -0.2) is 11.9 Å². The minimum atomic E-state index is 0.0705. The number of carbonyl (C=O) groups excluding carboxylic acids is 1. The molecule has 1 amide bonds. The summed E-state index contributed by atoms with van der Waals surface area (Å²) >= 11 is 1.64. The highest BCUT2D eigenvalue weighted by atomic mass is 32.1. The van der Waals surface area contributed by atoms with E-state index in [0.29, 0.717) is 17.4 Å². The number of nitrogen functional groups attached to an aromatic ring is 1. The van der Waals surface area contributed by atoms with Crippen molar-refractivity contribution in [1.82, 2.24) is 5.32 Å². The largest absolute Gasteiger partial charge is 0.390 e. The van der Waals surface area contributed by atoms with Crippen LogP contribution in [0, 0.1) is 11.3 Å². The zero-order valence-corrected chi connectivity index (χ0v) is 15.5. The van der Waals surface area contributed by atoms with Crippen molar-refractivity contribution in [3.63, 3.8) is 0 Å². The topological polar surface area (TPSA) is 55.1 Å². The summed E-state index contributed by atoms with van der Waals surface area (Å²) in [6, 6.07) is 0.345. The summed E-state index contributed by atoms with van der Waals surface area (Å²) in [7, 11) is 0. The average molecular weight is 335 g/mol. The Labute approximate surface area is 144 Å². The lowest BCUT2D eigenvalue weighted by Gasteiger charge is -2.34. The molecule has 0 aliphatic heterocycles. The quantitative estimate of drug-likeness (QED) is 0.834. The predicted molar refractivity (Wildman–Crippen MR) is 98.0 cm³/mol. The van der Waals surface area contributed by atoms with Gasteiger partial charge in [0.2, 0.25) is 0 Å². The minimum absolute atomic E-state index is 0.0705. The Balaban J connectivity index is 1.76. The molecule has 0 aromatic carbocycles. The molecule has 23 heavy (non-hydrogen) atoms. The maximum absolute atomic E-state index is 12.8. The normalized spacial score (nSPS) is 22.7. The Morgan fingerprint density at radius 1 is 1.17 bits per heavy atom. The van der Waals surface area contributed by atoms with Crippen LogP contribution in [0.15, 0.2) is 0 Å². The smallest absolute Gasteiger partial charge is 0.254 e. The third-order valence-corrected chi connectivity index (χ3v) is 6.77. The van der Waals surface area contributed by atoms with Crippen LogP contribution in [0.4, 0.5) is 5.00 Å². The van der Waals surface area contributed by atoms with Crippen LogP contribution in [0.25, 0.3) is 0 Å². The third-order valence-electron chi connectivity index (χ3n) is 5.68. The van der Waals surface area contributed by atoms with Crippen molar-refractivity contribution in [1.29, 1.82) is 0 Å². The van der Waals surface area contributed by atoms with Gasteiger partial charge in [-0.25, -0.2) is 0 Å². The van der Waals surface area contributed by atoms with Crippen molar-refractivity contribution in [3.05, 3.63) is 16.0 Å². The van der Waals surface area contributed by atoms with Crippen LogP contribution in [0.1, 0.15) is 80.1 Å². The summed E-state index contributed by atoms with van der Waals surface area (Å²) in [5.74, 6) is 0.753. The van der Waals surface area contributed by atoms with Gasteiger partial charge in [-0.15, -0.1) is 11.3 Å². The van der Waals surface area contributed by atoms with Crippen LogP contribution >= 0.6 is 11.3 Å². The van der Waals surface area contributed by atoms with E-state index >= 15 is 0 Å². The van der Waals surface area contributed by atoms with Gasteiger partial charge in [0.1, 0.15) is 0 Å². The zero-order chi connectivity index (χ0) is 16.6. The van der Waals surface area contributed by atoms with Gasteiger partial charge < -0.3 is 11.1 Å². The number of fused-ring (bicyclic) bond motifs is 1. The molecule has 3 rings (SSSR count). The van der Waals surface area contributed by atoms with Crippen molar-refractivity contribution in [2.24, 2.45) is 11.3 Å². The molecular weight excluding hydrogens is 304 g/mol. The fourth-order valence-electron chi connectivity index (χ4n) is 4.10. The van der Waals surface area contributed by atoms with Crippen LogP contribution in [0.5, 0.6) is 0 Å². The first-order valence-corrected chi connectivity index (χ1v) is 9.88. The van der Waals surface area contributed by atoms with Crippen LogP contribution < -0.4 is 11.1 Å². The second-order valence-electron chi connectivity index (χ2n) is 8.36. The van der Waals surface area contributed by atoms with E-state index in [2.05, 4.69) is 26.1 Å². The minimum Gasteiger partial charge on any atom is -0.390 e. The van der Waals surface area contributed by atoms with Gasteiger partial charge >= 0.3 is 0 Å². The summed E-state index contributed by atoms with van der Waals surface area (Å²) < 4.78 is 0. The lowest BCUT2D eigenvalue weighted by atomic mass is 9.72. The molecule has 128 valence electrons. The lowest BCUT2D eigenvalue weighted by molar-refractivity contribution is 0.0927. The van der Waals surface area contributed by atoms with E-state index in [1.807, 2.05) is 0 Å². The number of anilines is 1. The predicted octanol–water partition coefficient (Wildman–Crippen LogP) is 4.54. The van der Waals surface area contributed by atoms with Crippen molar-refractivity contribution in [3.8, 4) is 0 Å². The Morgan fingerprint density at radius 3 is 2.52 bits per heavy atom. The number of hydrogen-bond donors (Lipinski definition) is 2. The first-order valence-electron chi connectivity index (χ1n) is 9.07. The van der Waals surface area contributed by atoms with Gasteiger partial charge in [0, 0.05) is 10.9 Å². The Kier molecular flexibility index (Phi) is 4.73. The first-order chi connectivity index (χ1) is 10.9. The maximum atomic E-state index is 12.8. The fraction of sp³-hybridized carbons (Fsp3) is 0.737. The van der Waals surface area contributed by atoms with Gasteiger partial charge in [0.05, 0.1) is 10.6 Å². The molecule has 1 aromatic heterocycles. The monoisotopic (exact) mass is 334 g/mol. The van der Waals surface area contributed by atoms with E-state index in [4.69, 9.17) is 5.73 Å². The SMILES string of the molecule is CC(C)(C)[C@H]1CCc2c(sc(N)c2C(=O)NC2CCCCC2)C1. The molecule has 1 fully saturated rings. The van der Waals surface area contributed by atoms with E-state index in [1.165, 1.54) is 29.7 Å². The van der Waals surface area contributed by atoms with Crippen LogP contribution in [-0.2, 0) is 12.8 Å². The summed E-state index contributed by atoms with van der Waals surface area (Å²) in [6.45, 7) is 6.95. The van der Waals surface area contributed by atoms with E-state index in [-0.39, 0.29) is 5.91 Å². The molecule has 1 saturated carbocycles. The highest BCUT2D eigenvalue weighted by Gasteiger charge is 2.33. The van der Waals surface area contributed by atoms with Gasteiger partial charge in [-0.2, -0.15) is 0 Å². The van der Waals surface area contributed by atoms with Gasteiger partial charge in [-0.05, 0) is 49.0 Å². The average Bonchev–Trinajstić information content (AvgIpc) is 2.82. The van der Waals surface area contributed by atoms with Gasteiger partial charge in [0.15, 0.2) is 0 Å². The van der Waals surface area contributed by atoms with E-state index in [9.17, 15) is 4.79 Å². The van der Waals surface area contributed by atoms with Gasteiger partial charge in [-0.3, -0.25) is 4.79 Å². The molecule has 0 spiro atoms. The maximum Gasteiger partial charge on any atom is 0.254 e. The number of amides is 1. The molecule has 0 bridgehead atoms. The number of carbonyl (C=O) groups is 1. The molecule has 3 nitrogen and oxygen atoms in total. The molecule has 1 heterocycles. The van der Waals surface area contributed by atoms with E-state index < -0.39 is 0 Å². The Hall–Kier alpha value is -1.03. The van der Waals surface area contributed by atoms with Crippen molar-refractivity contribution < 1.29 is 4.79 Å². The molecule has 4 heteroatoms. The van der Waals surface area contributed by atoms with Crippen molar-refractivity contribution in [2.45, 2.75) is 78.2 Å².